The van der Waals surface area contributed by atoms with E-state index in [-0.39, 0.29) is 23.6 Å². The number of nitrogens with two attached hydrogens (primary N) is 2. The molecule has 1 fully saturated rings. The number of halogens is 1. The highest BCUT2D eigenvalue weighted by Crippen LogP contribution is 2.33. The Morgan fingerprint density at radius 1 is 1.03 bits per heavy atom. The minimum Gasteiger partial charge on any atom is -0.384 e. The lowest BCUT2D eigenvalue weighted by Crippen LogP contribution is -2.39. The van der Waals surface area contributed by atoms with Gasteiger partial charge in [0.2, 0.25) is 5.91 Å². The number of nitrogens with zero attached hydrogens (tertiary/aromatic N) is 2. The van der Waals surface area contributed by atoms with Gasteiger partial charge in [-0.15, -0.1) is 0 Å². The minimum atomic E-state index is -0.356. The van der Waals surface area contributed by atoms with E-state index in [1.807, 2.05) is 12.1 Å². The number of likely N-dealkylation sites (tertiary alicyclic amines) is 1. The number of primary amides is 1. The Hall–Kier alpha value is -3.25. The molecule has 2 heterocycles. The van der Waals surface area contributed by atoms with E-state index in [1.165, 1.54) is 17.7 Å². The maximum atomic E-state index is 13.3. The molecule has 32 heavy (non-hydrogen) atoms. The molecule has 0 aliphatic carbocycles. The van der Waals surface area contributed by atoms with E-state index < -0.39 is 0 Å². The zero-order chi connectivity index (χ0) is 22.5. The summed E-state index contributed by atoms with van der Waals surface area (Å²) in [5.74, 6) is -0.271. The van der Waals surface area contributed by atoms with Gasteiger partial charge < -0.3 is 16.4 Å². The van der Waals surface area contributed by atoms with E-state index >= 15 is 0 Å². The van der Waals surface area contributed by atoms with Gasteiger partial charge in [0.05, 0.1) is 11.6 Å². The summed E-state index contributed by atoms with van der Waals surface area (Å²) in [5, 5.41) is 0. The molecule has 0 radical (unpaired) electrons. The topological polar surface area (TPSA) is 85.2 Å². The van der Waals surface area contributed by atoms with Crippen LogP contribution in [0.1, 0.15) is 29.9 Å². The highest BCUT2D eigenvalue weighted by Gasteiger charge is 2.31. The third-order valence-electron chi connectivity index (χ3n) is 6.38. The normalized spacial score (nSPS) is 16.0. The van der Waals surface area contributed by atoms with Crippen LogP contribution in [0, 0.1) is 11.7 Å². The zero-order valence-corrected chi connectivity index (χ0v) is 18.1. The fourth-order valence-electron chi connectivity index (χ4n) is 4.59. The first kappa shape index (κ1) is 22.0. The fourth-order valence-corrected chi connectivity index (χ4v) is 4.59. The maximum absolute atomic E-state index is 13.3. The maximum Gasteiger partial charge on any atom is 0.225 e. The lowest BCUT2D eigenvalue weighted by atomic mass is 9.79. The van der Waals surface area contributed by atoms with Crippen LogP contribution in [0.5, 0.6) is 0 Å². The SMILES string of the molecule is NC(=O)C(c1ccc(F)cc1)C1CCN(CCc2ccc(-c3cccc(N)n3)cc2)CC1. The standard InChI is InChI=1S/C26H29FN4O/c27-22-10-8-20(9-11-22)25(26(29)32)21-13-16-31(17-14-21)15-12-18-4-6-19(7-5-18)23-2-1-3-24(28)30-23/h1-11,21,25H,12-17H2,(H2,28,30)(H2,29,32). The van der Waals surface area contributed by atoms with E-state index in [2.05, 4.69) is 34.1 Å². The molecule has 0 spiro atoms. The van der Waals surface area contributed by atoms with Gasteiger partial charge in [-0.2, -0.15) is 0 Å². The number of amides is 1. The van der Waals surface area contributed by atoms with Crippen molar-refractivity contribution in [1.29, 1.82) is 0 Å². The molecule has 4 rings (SSSR count). The van der Waals surface area contributed by atoms with E-state index in [1.54, 1.807) is 18.2 Å². The van der Waals surface area contributed by atoms with Crippen LogP contribution in [-0.2, 0) is 11.2 Å². The molecule has 1 aromatic heterocycles. The van der Waals surface area contributed by atoms with Gasteiger partial charge in [0.25, 0.3) is 0 Å². The van der Waals surface area contributed by atoms with Gasteiger partial charge in [-0.25, -0.2) is 9.37 Å². The Labute approximate surface area is 188 Å². The van der Waals surface area contributed by atoms with Crippen molar-refractivity contribution in [2.75, 3.05) is 25.4 Å². The number of piperidine rings is 1. The molecule has 1 aliphatic heterocycles. The van der Waals surface area contributed by atoms with E-state index in [0.29, 0.717) is 5.82 Å². The van der Waals surface area contributed by atoms with Crippen LogP contribution in [0.15, 0.2) is 66.7 Å². The summed E-state index contributed by atoms with van der Waals surface area (Å²) in [6.07, 6.45) is 2.78. The van der Waals surface area contributed by atoms with Crippen molar-refractivity contribution in [1.82, 2.24) is 9.88 Å². The van der Waals surface area contributed by atoms with E-state index in [0.717, 1.165) is 55.7 Å². The van der Waals surface area contributed by atoms with Crippen molar-refractivity contribution in [3.05, 3.63) is 83.7 Å². The lowest BCUT2D eigenvalue weighted by Gasteiger charge is -2.35. The first-order chi connectivity index (χ1) is 15.5. The van der Waals surface area contributed by atoms with Crippen molar-refractivity contribution in [2.24, 2.45) is 11.7 Å². The van der Waals surface area contributed by atoms with Crippen molar-refractivity contribution in [2.45, 2.75) is 25.2 Å². The smallest absolute Gasteiger partial charge is 0.225 e. The molecule has 166 valence electrons. The molecule has 1 amide bonds. The first-order valence-corrected chi connectivity index (χ1v) is 11.1. The molecule has 2 aromatic carbocycles. The number of nitrogen functional groups attached to an aromatic ring is 1. The average molecular weight is 433 g/mol. The van der Waals surface area contributed by atoms with Gasteiger partial charge >= 0.3 is 0 Å². The molecule has 3 aromatic rings. The van der Waals surface area contributed by atoms with Crippen LogP contribution < -0.4 is 11.5 Å². The van der Waals surface area contributed by atoms with Gasteiger partial charge in [0.15, 0.2) is 0 Å². The minimum absolute atomic E-state index is 0.194. The quantitative estimate of drug-likeness (QED) is 0.591. The molecule has 1 saturated heterocycles. The molecule has 1 unspecified atom stereocenters. The summed E-state index contributed by atoms with van der Waals surface area (Å²) >= 11 is 0. The number of benzene rings is 2. The Balaban J connectivity index is 1.30. The van der Waals surface area contributed by atoms with Gasteiger partial charge in [-0.1, -0.05) is 42.5 Å². The summed E-state index contributed by atoms with van der Waals surface area (Å²) in [6.45, 7) is 2.84. The number of hydrogen-bond acceptors (Lipinski definition) is 4. The second kappa shape index (κ2) is 9.92. The number of pyridine rings is 1. The predicted octanol–water partition coefficient (Wildman–Crippen LogP) is 3.99. The van der Waals surface area contributed by atoms with Gasteiger partial charge in [-0.3, -0.25) is 4.79 Å². The Bertz CT molecular complexity index is 1040. The summed E-state index contributed by atoms with van der Waals surface area (Å²) in [5.41, 5.74) is 15.5. The van der Waals surface area contributed by atoms with Gasteiger partial charge in [-0.05, 0) is 73.7 Å². The Kier molecular flexibility index (Phi) is 6.81. The highest BCUT2D eigenvalue weighted by molar-refractivity contribution is 5.82. The van der Waals surface area contributed by atoms with Crippen molar-refractivity contribution < 1.29 is 9.18 Å². The molecule has 6 heteroatoms. The van der Waals surface area contributed by atoms with Crippen LogP contribution >= 0.6 is 0 Å². The van der Waals surface area contributed by atoms with E-state index in [4.69, 9.17) is 11.5 Å². The van der Waals surface area contributed by atoms with Crippen LogP contribution in [0.2, 0.25) is 0 Å². The Morgan fingerprint density at radius 2 is 1.72 bits per heavy atom. The van der Waals surface area contributed by atoms with Gasteiger partial charge in [0.1, 0.15) is 11.6 Å². The number of hydrogen-bond donors (Lipinski definition) is 2. The molecular weight excluding hydrogens is 403 g/mol. The van der Waals surface area contributed by atoms with Crippen LogP contribution in [0.4, 0.5) is 10.2 Å². The largest absolute Gasteiger partial charge is 0.384 e. The number of aromatic nitrogens is 1. The molecule has 1 atom stereocenters. The van der Waals surface area contributed by atoms with Gasteiger partial charge in [0, 0.05) is 12.1 Å². The first-order valence-electron chi connectivity index (χ1n) is 11.1. The second-order valence-corrected chi connectivity index (χ2v) is 8.51. The Morgan fingerprint density at radius 3 is 2.34 bits per heavy atom. The number of carbonyl (C=O) groups excluding carboxylic acids is 1. The highest BCUT2D eigenvalue weighted by atomic mass is 19.1. The zero-order valence-electron chi connectivity index (χ0n) is 18.1. The molecule has 0 saturated carbocycles. The van der Waals surface area contributed by atoms with Crippen molar-refractivity contribution in [3.8, 4) is 11.3 Å². The predicted molar refractivity (Wildman–Crippen MR) is 125 cm³/mol. The van der Waals surface area contributed by atoms with Crippen molar-refractivity contribution >= 4 is 11.7 Å². The summed E-state index contributed by atoms with van der Waals surface area (Å²) in [4.78, 5) is 18.9. The van der Waals surface area contributed by atoms with E-state index in [9.17, 15) is 9.18 Å². The number of carbonyl (C=O) groups is 1. The molecule has 5 nitrogen and oxygen atoms in total. The summed E-state index contributed by atoms with van der Waals surface area (Å²) < 4.78 is 13.3. The fraction of sp³-hybridized carbons (Fsp3) is 0.308. The summed E-state index contributed by atoms with van der Waals surface area (Å²) in [6, 6.07) is 20.3. The second-order valence-electron chi connectivity index (χ2n) is 8.51. The van der Waals surface area contributed by atoms with Crippen LogP contribution in [0.3, 0.4) is 0 Å². The number of anilines is 1. The van der Waals surface area contributed by atoms with Crippen LogP contribution in [-0.4, -0.2) is 35.4 Å². The monoisotopic (exact) mass is 432 g/mol. The molecular formula is C26H29FN4O. The third-order valence-corrected chi connectivity index (χ3v) is 6.38. The van der Waals surface area contributed by atoms with Crippen LogP contribution in [0.25, 0.3) is 11.3 Å². The average Bonchev–Trinajstić information content (AvgIpc) is 2.80. The number of rotatable bonds is 7. The third kappa shape index (κ3) is 5.32. The molecule has 0 bridgehead atoms. The molecule has 1 aliphatic rings. The lowest BCUT2D eigenvalue weighted by molar-refractivity contribution is -0.121. The summed E-state index contributed by atoms with van der Waals surface area (Å²) in [7, 11) is 0. The van der Waals surface area contributed by atoms with Crippen molar-refractivity contribution in [3.63, 3.8) is 0 Å². The molecule has 4 N–H and O–H groups in total.